The molecule has 19 heavy (non-hydrogen) atoms. The fourth-order valence-electron chi connectivity index (χ4n) is 1.15. The van der Waals surface area contributed by atoms with E-state index in [9.17, 15) is 14.4 Å². The van der Waals surface area contributed by atoms with Gasteiger partial charge in [-0.3, -0.25) is 14.4 Å². The van der Waals surface area contributed by atoms with Gasteiger partial charge in [-0.25, -0.2) is 0 Å². The molecule has 0 aliphatic heterocycles. The van der Waals surface area contributed by atoms with Gasteiger partial charge in [-0.2, -0.15) is 0 Å². The van der Waals surface area contributed by atoms with E-state index in [1.165, 1.54) is 26.8 Å². The van der Waals surface area contributed by atoms with Crippen molar-refractivity contribution in [2.75, 3.05) is 6.61 Å². The van der Waals surface area contributed by atoms with Crippen LogP contribution in [0.1, 0.15) is 34.1 Å². The first kappa shape index (κ1) is 16.9. The van der Waals surface area contributed by atoms with Crippen LogP contribution in [0.4, 0.5) is 0 Å². The van der Waals surface area contributed by atoms with Crippen molar-refractivity contribution in [2.24, 2.45) is 0 Å². The molecule has 0 aromatic carbocycles. The molecule has 0 aromatic heterocycles. The molecule has 0 atom stereocenters. The number of allylic oxidation sites excluding steroid dienone is 1. The van der Waals surface area contributed by atoms with Crippen molar-refractivity contribution in [1.82, 2.24) is 0 Å². The molecule has 0 spiro atoms. The topological polar surface area (TPSA) is 78.9 Å². The van der Waals surface area contributed by atoms with Gasteiger partial charge in [-0.1, -0.05) is 6.92 Å². The van der Waals surface area contributed by atoms with Gasteiger partial charge in [0.15, 0.2) is 0 Å². The van der Waals surface area contributed by atoms with Crippen molar-refractivity contribution in [3.63, 3.8) is 0 Å². The van der Waals surface area contributed by atoms with Crippen LogP contribution >= 0.6 is 0 Å². The maximum atomic E-state index is 11.0. The average molecular weight is 270 g/mol. The zero-order chi connectivity index (χ0) is 14.8. The van der Waals surface area contributed by atoms with Crippen molar-refractivity contribution >= 4 is 17.9 Å². The molecule has 0 aliphatic carbocycles. The number of hydrogen-bond donors (Lipinski definition) is 0. The van der Waals surface area contributed by atoms with Crippen molar-refractivity contribution in [3.05, 3.63) is 23.7 Å². The van der Waals surface area contributed by atoms with Gasteiger partial charge in [-0.15, -0.1) is 0 Å². The summed E-state index contributed by atoms with van der Waals surface area (Å²) in [5, 5.41) is 0. The lowest BCUT2D eigenvalue weighted by molar-refractivity contribution is -0.140. The van der Waals surface area contributed by atoms with Crippen molar-refractivity contribution in [1.29, 1.82) is 0 Å². The number of ether oxygens (including phenoxy) is 3. The predicted molar refractivity (Wildman–Crippen MR) is 66.6 cm³/mol. The van der Waals surface area contributed by atoms with Gasteiger partial charge in [0, 0.05) is 32.8 Å². The third-order valence-corrected chi connectivity index (χ3v) is 1.88. The monoisotopic (exact) mass is 270 g/mol. The van der Waals surface area contributed by atoms with Crippen LogP contribution in [0.25, 0.3) is 0 Å². The minimum absolute atomic E-state index is 0.0659. The summed E-state index contributed by atoms with van der Waals surface area (Å²) in [6, 6.07) is 0. The summed E-state index contributed by atoms with van der Waals surface area (Å²) in [6.07, 6.45) is 3.01. The van der Waals surface area contributed by atoms with Gasteiger partial charge in [0.05, 0.1) is 6.26 Å². The molecule has 0 radical (unpaired) electrons. The molecule has 0 N–H and O–H groups in total. The highest BCUT2D eigenvalue weighted by Gasteiger charge is 2.09. The van der Waals surface area contributed by atoms with Crippen molar-refractivity contribution < 1.29 is 28.6 Å². The molecule has 6 nitrogen and oxygen atoms in total. The van der Waals surface area contributed by atoms with Crippen LogP contribution in [0.15, 0.2) is 23.7 Å². The van der Waals surface area contributed by atoms with E-state index in [1.807, 2.05) is 0 Å². The van der Waals surface area contributed by atoms with Gasteiger partial charge in [0.2, 0.25) is 0 Å². The summed E-state index contributed by atoms with van der Waals surface area (Å²) in [7, 11) is 0. The predicted octanol–water partition coefficient (Wildman–Crippen LogP) is 1.85. The van der Waals surface area contributed by atoms with Crippen LogP contribution < -0.4 is 0 Å². The minimum atomic E-state index is -0.478. The maximum Gasteiger partial charge on any atom is 0.307 e. The van der Waals surface area contributed by atoms with Gasteiger partial charge < -0.3 is 14.2 Å². The summed E-state index contributed by atoms with van der Waals surface area (Å²) < 4.78 is 14.5. The Bertz CT molecular complexity index is 405. The van der Waals surface area contributed by atoms with E-state index >= 15 is 0 Å². The molecule has 0 heterocycles. The highest BCUT2D eigenvalue weighted by atomic mass is 16.5. The maximum absolute atomic E-state index is 11.0. The minimum Gasteiger partial charge on any atom is -0.461 e. The van der Waals surface area contributed by atoms with Crippen LogP contribution in [-0.2, 0) is 28.6 Å². The highest BCUT2D eigenvalue weighted by Crippen LogP contribution is 2.13. The molecule has 0 aromatic rings. The molecule has 0 aliphatic rings. The van der Waals surface area contributed by atoms with E-state index in [0.29, 0.717) is 17.8 Å². The number of rotatable bonds is 6. The first-order valence-electron chi connectivity index (χ1n) is 5.74. The normalized spacial score (nSPS) is 11.8. The zero-order valence-electron chi connectivity index (χ0n) is 11.5. The molecule has 0 rings (SSSR count). The van der Waals surface area contributed by atoms with E-state index in [-0.39, 0.29) is 6.61 Å². The first-order valence-corrected chi connectivity index (χ1v) is 5.74. The standard InChI is InChI=1S/C13H18O6/c1-5-13(19-11(4)16)12(8-18-10(3)15)6-7-17-9(2)14/h6-7H,5,8H2,1-4H3/b7-6-,13-12-. The van der Waals surface area contributed by atoms with E-state index in [1.54, 1.807) is 6.92 Å². The average Bonchev–Trinajstić information content (AvgIpc) is 2.29. The Morgan fingerprint density at radius 2 is 1.63 bits per heavy atom. The Hall–Kier alpha value is -2.11. The van der Waals surface area contributed by atoms with Crippen LogP contribution in [0.5, 0.6) is 0 Å². The molecule has 0 amide bonds. The Morgan fingerprint density at radius 1 is 1.00 bits per heavy atom. The lowest BCUT2D eigenvalue weighted by Crippen LogP contribution is -2.08. The van der Waals surface area contributed by atoms with E-state index < -0.39 is 17.9 Å². The van der Waals surface area contributed by atoms with E-state index in [2.05, 4.69) is 4.74 Å². The van der Waals surface area contributed by atoms with Crippen LogP contribution in [0, 0.1) is 0 Å². The third kappa shape index (κ3) is 8.59. The molecular formula is C13H18O6. The zero-order valence-corrected chi connectivity index (χ0v) is 11.5. The second-order valence-electron chi connectivity index (χ2n) is 3.59. The lowest BCUT2D eigenvalue weighted by Gasteiger charge is -2.10. The quantitative estimate of drug-likeness (QED) is 0.317. The second-order valence-corrected chi connectivity index (χ2v) is 3.59. The van der Waals surface area contributed by atoms with Gasteiger partial charge >= 0.3 is 17.9 Å². The molecule has 0 fully saturated rings. The SMILES string of the molecule is CC/C(OC(C)=O)=C(\C=C/OC(C)=O)COC(C)=O. The second kappa shape index (κ2) is 8.91. The largest absolute Gasteiger partial charge is 0.461 e. The Labute approximate surface area is 112 Å². The summed E-state index contributed by atoms with van der Waals surface area (Å²) in [5.74, 6) is -1.06. The fourth-order valence-corrected chi connectivity index (χ4v) is 1.15. The Kier molecular flexibility index (Phi) is 7.92. The Balaban J connectivity index is 5.02. The Morgan fingerprint density at radius 3 is 2.05 bits per heavy atom. The first-order chi connectivity index (χ1) is 8.86. The van der Waals surface area contributed by atoms with Crippen LogP contribution in [0.3, 0.4) is 0 Å². The number of esters is 3. The fraction of sp³-hybridized carbons (Fsp3) is 0.462. The number of carbonyl (C=O) groups is 3. The molecule has 106 valence electrons. The summed E-state index contributed by atoms with van der Waals surface area (Å²) in [5.41, 5.74) is 0.453. The smallest absolute Gasteiger partial charge is 0.307 e. The summed E-state index contributed by atoms with van der Waals surface area (Å²) in [6.45, 7) is 5.52. The highest BCUT2D eigenvalue weighted by molar-refractivity contribution is 5.68. The number of hydrogen-bond acceptors (Lipinski definition) is 6. The van der Waals surface area contributed by atoms with Crippen LogP contribution in [0.2, 0.25) is 0 Å². The van der Waals surface area contributed by atoms with E-state index in [4.69, 9.17) is 9.47 Å². The molecule has 6 heteroatoms. The van der Waals surface area contributed by atoms with Crippen LogP contribution in [-0.4, -0.2) is 24.5 Å². The van der Waals surface area contributed by atoms with Gasteiger partial charge in [0.1, 0.15) is 12.4 Å². The molecule has 0 saturated heterocycles. The summed E-state index contributed by atoms with van der Waals surface area (Å²) in [4.78, 5) is 32.4. The summed E-state index contributed by atoms with van der Waals surface area (Å²) >= 11 is 0. The molecule has 0 saturated carbocycles. The number of carbonyl (C=O) groups excluding carboxylic acids is 3. The van der Waals surface area contributed by atoms with Gasteiger partial charge in [-0.05, 0) is 6.08 Å². The lowest BCUT2D eigenvalue weighted by atomic mass is 10.2. The molecular weight excluding hydrogens is 252 g/mol. The van der Waals surface area contributed by atoms with E-state index in [0.717, 1.165) is 6.26 Å². The van der Waals surface area contributed by atoms with Crippen molar-refractivity contribution in [2.45, 2.75) is 34.1 Å². The molecule has 0 bridgehead atoms. The molecule has 0 unspecified atom stereocenters. The third-order valence-electron chi connectivity index (χ3n) is 1.88. The van der Waals surface area contributed by atoms with Gasteiger partial charge in [0.25, 0.3) is 0 Å². The van der Waals surface area contributed by atoms with Crippen molar-refractivity contribution in [3.8, 4) is 0 Å².